The molecule has 0 atom stereocenters. The van der Waals surface area contributed by atoms with Crippen LogP contribution in [-0.2, 0) is 10.0 Å². The molecule has 0 bridgehead atoms. The lowest BCUT2D eigenvalue weighted by atomic mass is 10.4. The van der Waals surface area contributed by atoms with Crippen molar-refractivity contribution >= 4 is 21.5 Å². The Morgan fingerprint density at radius 3 is 2.65 bits per heavy atom. The molecule has 2 heterocycles. The third-order valence-electron chi connectivity index (χ3n) is 2.44. The van der Waals surface area contributed by atoms with Crippen LogP contribution in [0, 0.1) is 0 Å². The molecule has 0 amide bonds. The summed E-state index contributed by atoms with van der Waals surface area (Å²) in [4.78, 5) is 11.7. The third kappa shape index (κ3) is 3.41. The summed E-state index contributed by atoms with van der Waals surface area (Å²) in [5, 5.41) is 3.06. The van der Waals surface area contributed by atoms with Gasteiger partial charge in [-0.15, -0.1) is 0 Å². The van der Waals surface area contributed by atoms with E-state index in [1.54, 1.807) is 12.3 Å². The smallest absolute Gasteiger partial charge is 0.266 e. The monoisotopic (exact) mass is 293 g/mol. The van der Waals surface area contributed by atoms with Crippen molar-refractivity contribution in [2.24, 2.45) is 0 Å². The fourth-order valence-electron chi connectivity index (χ4n) is 1.54. The summed E-state index contributed by atoms with van der Waals surface area (Å²) >= 11 is 0. The normalized spacial score (nSPS) is 11.1. The summed E-state index contributed by atoms with van der Waals surface area (Å²) in [6.07, 6.45) is 7.95. The second kappa shape index (κ2) is 6.29. The SMILES string of the molecule is CCCNc1ccncc1S(=O)(=O)Nc1cnccn1. The molecule has 7 nitrogen and oxygen atoms in total. The first-order chi connectivity index (χ1) is 9.63. The molecular weight excluding hydrogens is 278 g/mol. The molecule has 2 rings (SSSR count). The van der Waals surface area contributed by atoms with Gasteiger partial charge in [-0.3, -0.25) is 14.7 Å². The summed E-state index contributed by atoms with van der Waals surface area (Å²) in [7, 11) is -3.75. The fraction of sp³-hybridized carbons (Fsp3) is 0.250. The maximum Gasteiger partial charge on any atom is 0.266 e. The Kier molecular flexibility index (Phi) is 4.46. The van der Waals surface area contributed by atoms with Gasteiger partial charge in [-0.05, 0) is 12.5 Å². The minimum Gasteiger partial charge on any atom is -0.384 e. The molecule has 2 N–H and O–H groups in total. The molecule has 0 spiro atoms. The first-order valence-corrected chi connectivity index (χ1v) is 7.58. The molecule has 106 valence electrons. The van der Waals surface area contributed by atoms with E-state index in [1.165, 1.54) is 24.8 Å². The van der Waals surface area contributed by atoms with E-state index < -0.39 is 10.0 Å². The van der Waals surface area contributed by atoms with Gasteiger partial charge in [0, 0.05) is 31.3 Å². The fourth-order valence-corrected chi connectivity index (χ4v) is 2.66. The maximum absolute atomic E-state index is 12.3. The minimum absolute atomic E-state index is 0.0825. The standard InChI is InChI=1S/C12H15N5O2S/c1-2-4-15-10-3-5-13-8-11(10)20(18,19)17-12-9-14-6-7-16-12/h3,5-9H,2,4H2,1H3,(H,13,15)(H,16,17). The number of hydrogen-bond acceptors (Lipinski definition) is 6. The summed E-state index contributed by atoms with van der Waals surface area (Å²) in [6.45, 7) is 2.68. The van der Waals surface area contributed by atoms with Crippen molar-refractivity contribution in [3.8, 4) is 0 Å². The maximum atomic E-state index is 12.3. The lowest BCUT2D eigenvalue weighted by Gasteiger charge is -2.12. The van der Waals surface area contributed by atoms with E-state index in [0.29, 0.717) is 12.2 Å². The van der Waals surface area contributed by atoms with Crippen LogP contribution in [-0.4, -0.2) is 29.9 Å². The highest BCUT2D eigenvalue weighted by Gasteiger charge is 2.19. The van der Waals surface area contributed by atoms with Gasteiger partial charge >= 0.3 is 0 Å². The molecule has 2 aromatic rings. The van der Waals surface area contributed by atoms with Gasteiger partial charge < -0.3 is 5.32 Å². The molecule has 0 fully saturated rings. The molecule has 0 saturated heterocycles. The number of aromatic nitrogens is 3. The molecule has 0 aliphatic rings. The molecule has 20 heavy (non-hydrogen) atoms. The van der Waals surface area contributed by atoms with Gasteiger partial charge in [0.15, 0.2) is 5.82 Å². The highest BCUT2D eigenvalue weighted by molar-refractivity contribution is 7.92. The van der Waals surface area contributed by atoms with Gasteiger partial charge in [0.1, 0.15) is 4.90 Å². The van der Waals surface area contributed by atoms with E-state index in [1.807, 2.05) is 6.92 Å². The predicted octanol–water partition coefficient (Wildman–Crippen LogP) is 1.49. The third-order valence-corrected chi connectivity index (χ3v) is 3.82. The molecular formula is C12H15N5O2S. The van der Waals surface area contributed by atoms with Crippen LogP contribution in [0.15, 0.2) is 41.9 Å². The van der Waals surface area contributed by atoms with Crippen LogP contribution in [0.5, 0.6) is 0 Å². The second-order valence-corrected chi connectivity index (χ2v) is 5.65. The molecule has 0 aliphatic carbocycles. The van der Waals surface area contributed by atoms with Gasteiger partial charge in [0.2, 0.25) is 0 Å². The van der Waals surface area contributed by atoms with E-state index >= 15 is 0 Å². The largest absolute Gasteiger partial charge is 0.384 e. The van der Waals surface area contributed by atoms with Crippen LogP contribution in [0.1, 0.15) is 13.3 Å². The summed E-state index contributed by atoms with van der Waals surface area (Å²) < 4.78 is 27.0. The number of hydrogen-bond donors (Lipinski definition) is 2. The number of nitrogens with one attached hydrogen (secondary N) is 2. The second-order valence-electron chi connectivity index (χ2n) is 3.99. The topological polar surface area (TPSA) is 96.9 Å². The van der Waals surface area contributed by atoms with E-state index in [4.69, 9.17) is 0 Å². The van der Waals surface area contributed by atoms with Gasteiger partial charge in [-0.25, -0.2) is 13.4 Å². The van der Waals surface area contributed by atoms with Crippen molar-refractivity contribution < 1.29 is 8.42 Å². The highest BCUT2D eigenvalue weighted by atomic mass is 32.2. The Bertz CT molecular complexity index is 661. The van der Waals surface area contributed by atoms with Gasteiger partial charge in [0.25, 0.3) is 10.0 Å². The molecule has 0 unspecified atom stereocenters. The average Bonchev–Trinajstić information content (AvgIpc) is 2.46. The quantitative estimate of drug-likeness (QED) is 0.837. The van der Waals surface area contributed by atoms with E-state index in [2.05, 4.69) is 25.0 Å². The number of nitrogens with zero attached hydrogens (tertiary/aromatic N) is 3. The summed E-state index contributed by atoms with van der Waals surface area (Å²) in [5.41, 5.74) is 0.512. The molecule has 0 aromatic carbocycles. The molecule has 0 radical (unpaired) electrons. The summed E-state index contributed by atoms with van der Waals surface area (Å²) in [5.74, 6) is 0.165. The van der Waals surface area contributed by atoms with Crippen LogP contribution in [0.25, 0.3) is 0 Å². The zero-order chi connectivity index (χ0) is 14.4. The first-order valence-electron chi connectivity index (χ1n) is 6.10. The lowest BCUT2D eigenvalue weighted by molar-refractivity contribution is 0.601. The minimum atomic E-state index is -3.75. The molecule has 2 aromatic heterocycles. The average molecular weight is 293 g/mol. The van der Waals surface area contributed by atoms with Crippen LogP contribution in [0.2, 0.25) is 0 Å². The lowest BCUT2D eigenvalue weighted by Crippen LogP contribution is -2.16. The van der Waals surface area contributed by atoms with Crippen LogP contribution in [0.4, 0.5) is 11.5 Å². The molecule has 0 aliphatic heterocycles. The Labute approximate surface area is 117 Å². The van der Waals surface area contributed by atoms with Crippen molar-refractivity contribution in [1.29, 1.82) is 0 Å². The Hall–Kier alpha value is -2.22. The van der Waals surface area contributed by atoms with Crippen LogP contribution >= 0.6 is 0 Å². The van der Waals surface area contributed by atoms with Crippen molar-refractivity contribution in [2.45, 2.75) is 18.2 Å². The summed E-state index contributed by atoms with van der Waals surface area (Å²) in [6, 6.07) is 1.63. The molecule has 0 saturated carbocycles. The van der Waals surface area contributed by atoms with Crippen LogP contribution in [0.3, 0.4) is 0 Å². The zero-order valence-corrected chi connectivity index (χ0v) is 11.8. The first kappa shape index (κ1) is 14.2. The van der Waals surface area contributed by atoms with Crippen molar-refractivity contribution in [3.63, 3.8) is 0 Å². The van der Waals surface area contributed by atoms with Gasteiger partial charge in [-0.1, -0.05) is 6.92 Å². The van der Waals surface area contributed by atoms with Crippen molar-refractivity contribution in [1.82, 2.24) is 15.0 Å². The molecule has 8 heteroatoms. The van der Waals surface area contributed by atoms with Crippen molar-refractivity contribution in [2.75, 3.05) is 16.6 Å². The van der Waals surface area contributed by atoms with E-state index in [0.717, 1.165) is 6.42 Å². The number of rotatable bonds is 6. The van der Waals surface area contributed by atoms with Gasteiger partial charge in [0.05, 0.1) is 11.9 Å². The van der Waals surface area contributed by atoms with Gasteiger partial charge in [-0.2, -0.15) is 0 Å². The number of sulfonamides is 1. The van der Waals surface area contributed by atoms with E-state index in [9.17, 15) is 8.42 Å². The van der Waals surface area contributed by atoms with E-state index in [-0.39, 0.29) is 10.7 Å². The van der Waals surface area contributed by atoms with Crippen molar-refractivity contribution in [3.05, 3.63) is 37.1 Å². The number of anilines is 2. The zero-order valence-electron chi connectivity index (χ0n) is 10.9. The predicted molar refractivity (Wildman–Crippen MR) is 75.9 cm³/mol. The number of pyridine rings is 1. The Morgan fingerprint density at radius 1 is 1.15 bits per heavy atom. The highest BCUT2D eigenvalue weighted by Crippen LogP contribution is 2.21. The van der Waals surface area contributed by atoms with Crippen LogP contribution < -0.4 is 10.0 Å². The Balaban J connectivity index is 2.30. The Morgan fingerprint density at radius 2 is 1.95 bits per heavy atom.